The van der Waals surface area contributed by atoms with Crippen molar-refractivity contribution in [2.75, 3.05) is 0 Å². The zero-order valence-corrected chi connectivity index (χ0v) is 13.9. The Labute approximate surface area is 147 Å². The van der Waals surface area contributed by atoms with Crippen LogP contribution in [0.1, 0.15) is 13.8 Å². The molecule has 3 rings (SSSR count). The fourth-order valence-electron chi connectivity index (χ4n) is 2.47. The quantitative estimate of drug-likeness (QED) is 0.569. The molecule has 0 saturated carbocycles. The smallest absolute Gasteiger partial charge is 0.308 e. The van der Waals surface area contributed by atoms with Gasteiger partial charge in [0.15, 0.2) is 5.43 Å². The fraction of sp³-hybridized carbons (Fsp3) is 0.105. The van der Waals surface area contributed by atoms with Gasteiger partial charge >= 0.3 is 11.9 Å². The lowest BCUT2D eigenvalue weighted by molar-refractivity contribution is -0.132. The summed E-state index contributed by atoms with van der Waals surface area (Å²) in [7, 11) is 0. The first kappa shape index (κ1) is 17.2. The Morgan fingerprint density at radius 2 is 1.62 bits per heavy atom. The van der Waals surface area contributed by atoms with Gasteiger partial charge in [-0.05, 0) is 24.3 Å². The predicted octanol–water partition coefficient (Wildman–Crippen LogP) is 3.02. The van der Waals surface area contributed by atoms with E-state index in [9.17, 15) is 19.5 Å². The number of rotatable bonds is 3. The average Bonchev–Trinajstić information content (AvgIpc) is 2.53. The van der Waals surface area contributed by atoms with E-state index in [1.54, 1.807) is 24.3 Å². The Morgan fingerprint density at radius 3 is 2.23 bits per heavy atom. The van der Waals surface area contributed by atoms with Crippen LogP contribution >= 0.6 is 0 Å². The Morgan fingerprint density at radius 1 is 0.962 bits per heavy atom. The van der Waals surface area contributed by atoms with Crippen LogP contribution in [-0.2, 0) is 9.59 Å². The monoisotopic (exact) mass is 354 g/mol. The van der Waals surface area contributed by atoms with Crippen molar-refractivity contribution in [3.63, 3.8) is 0 Å². The van der Waals surface area contributed by atoms with Gasteiger partial charge in [-0.2, -0.15) is 0 Å². The van der Waals surface area contributed by atoms with Crippen molar-refractivity contribution < 1.29 is 28.6 Å². The van der Waals surface area contributed by atoms with Crippen molar-refractivity contribution in [2.45, 2.75) is 13.8 Å². The Kier molecular flexibility index (Phi) is 4.45. The summed E-state index contributed by atoms with van der Waals surface area (Å²) in [6.45, 7) is 2.49. The van der Waals surface area contributed by atoms with Gasteiger partial charge in [-0.15, -0.1) is 0 Å². The standard InChI is InChI=1S/C19H14O7/c1-10(20)24-14-5-3-12(4-6-14)16-9-15(23)19-17(25-11(2)21)7-13(22)8-18(19)26-16/h3-9,22H,1-2H3. The molecule has 26 heavy (non-hydrogen) atoms. The number of ether oxygens (including phenoxy) is 2. The molecule has 0 radical (unpaired) electrons. The number of carbonyl (C=O) groups is 2. The Bertz CT molecular complexity index is 1060. The van der Waals surface area contributed by atoms with Crippen LogP contribution in [0.3, 0.4) is 0 Å². The highest BCUT2D eigenvalue weighted by Crippen LogP contribution is 2.31. The molecule has 7 heteroatoms. The summed E-state index contributed by atoms with van der Waals surface area (Å²) in [5.74, 6) is -0.738. The lowest BCUT2D eigenvalue weighted by atomic mass is 10.1. The number of hydrogen-bond donors (Lipinski definition) is 1. The zero-order valence-electron chi connectivity index (χ0n) is 13.9. The molecule has 0 spiro atoms. The number of phenols is 1. The van der Waals surface area contributed by atoms with Gasteiger partial charge in [-0.1, -0.05) is 0 Å². The maximum Gasteiger partial charge on any atom is 0.308 e. The molecule has 2 aromatic carbocycles. The van der Waals surface area contributed by atoms with Gasteiger partial charge in [0.25, 0.3) is 0 Å². The van der Waals surface area contributed by atoms with Crippen molar-refractivity contribution in [3.8, 4) is 28.6 Å². The first-order chi connectivity index (χ1) is 12.3. The van der Waals surface area contributed by atoms with Crippen LogP contribution in [0.2, 0.25) is 0 Å². The molecule has 3 aromatic rings. The van der Waals surface area contributed by atoms with E-state index in [-0.39, 0.29) is 28.2 Å². The fourth-order valence-corrected chi connectivity index (χ4v) is 2.47. The van der Waals surface area contributed by atoms with Crippen molar-refractivity contribution in [1.82, 2.24) is 0 Å². The molecule has 0 aliphatic heterocycles. The van der Waals surface area contributed by atoms with Crippen molar-refractivity contribution in [2.24, 2.45) is 0 Å². The number of benzene rings is 2. The van der Waals surface area contributed by atoms with Gasteiger partial charge < -0.3 is 19.0 Å². The van der Waals surface area contributed by atoms with Crippen LogP contribution in [0.4, 0.5) is 0 Å². The lowest BCUT2D eigenvalue weighted by Crippen LogP contribution is -2.07. The molecule has 0 aliphatic rings. The van der Waals surface area contributed by atoms with Crippen LogP contribution in [0, 0.1) is 0 Å². The Hall–Kier alpha value is -3.61. The van der Waals surface area contributed by atoms with E-state index in [2.05, 4.69) is 0 Å². The summed E-state index contributed by atoms with van der Waals surface area (Å²) in [5.41, 5.74) is 0.214. The maximum atomic E-state index is 12.5. The number of fused-ring (bicyclic) bond motifs is 1. The molecule has 0 bridgehead atoms. The van der Waals surface area contributed by atoms with E-state index in [0.717, 1.165) is 0 Å². The minimum Gasteiger partial charge on any atom is -0.508 e. The summed E-state index contributed by atoms with van der Waals surface area (Å²) in [5, 5.41) is 9.85. The second-order valence-corrected chi connectivity index (χ2v) is 5.50. The topological polar surface area (TPSA) is 103 Å². The number of aromatic hydroxyl groups is 1. The summed E-state index contributed by atoms with van der Waals surface area (Å²) in [6.07, 6.45) is 0. The summed E-state index contributed by atoms with van der Waals surface area (Å²) < 4.78 is 15.6. The van der Waals surface area contributed by atoms with Crippen LogP contribution in [0.15, 0.2) is 51.7 Å². The minimum absolute atomic E-state index is 0.0540. The van der Waals surface area contributed by atoms with E-state index in [1.165, 1.54) is 32.0 Å². The molecule has 1 N–H and O–H groups in total. The maximum absolute atomic E-state index is 12.5. The van der Waals surface area contributed by atoms with E-state index in [1.807, 2.05) is 0 Å². The average molecular weight is 354 g/mol. The molecule has 0 saturated heterocycles. The number of phenolic OH excluding ortho intramolecular Hbond substituents is 1. The molecule has 1 heterocycles. The molecule has 1 aromatic heterocycles. The highest BCUT2D eigenvalue weighted by atomic mass is 16.5. The van der Waals surface area contributed by atoms with Gasteiger partial charge in [-0.25, -0.2) is 0 Å². The SMILES string of the molecule is CC(=O)Oc1ccc(-c2cc(=O)c3c(OC(C)=O)cc(O)cc3o2)cc1. The van der Waals surface area contributed by atoms with Gasteiger partial charge in [0.2, 0.25) is 0 Å². The predicted molar refractivity (Wildman–Crippen MR) is 92.2 cm³/mol. The van der Waals surface area contributed by atoms with Gasteiger partial charge in [0.1, 0.15) is 34.0 Å². The molecular formula is C19H14O7. The lowest BCUT2D eigenvalue weighted by Gasteiger charge is -2.08. The van der Waals surface area contributed by atoms with Gasteiger partial charge in [-0.3, -0.25) is 14.4 Å². The van der Waals surface area contributed by atoms with Gasteiger partial charge in [0.05, 0.1) is 0 Å². The second-order valence-electron chi connectivity index (χ2n) is 5.50. The van der Waals surface area contributed by atoms with E-state index >= 15 is 0 Å². The second kappa shape index (κ2) is 6.72. The molecule has 0 fully saturated rings. The highest BCUT2D eigenvalue weighted by Gasteiger charge is 2.15. The highest BCUT2D eigenvalue weighted by molar-refractivity contribution is 5.88. The van der Waals surface area contributed by atoms with E-state index < -0.39 is 17.4 Å². The van der Waals surface area contributed by atoms with E-state index in [4.69, 9.17) is 13.9 Å². The van der Waals surface area contributed by atoms with Crippen LogP contribution < -0.4 is 14.9 Å². The first-order valence-corrected chi connectivity index (χ1v) is 7.61. The number of hydrogen-bond acceptors (Lipinski definition) is 7. The normalized spacial score (nSPS) is 10.5. The Balaban J connectivity index is 2.10. The van der Waals surface area contributed by atoms with Crippen LogP contribution in [-0.4, -0.2) is 17.0 Å². The third-order valence-corrected chi connectivity index (χ3v) is 3.43. The van der Waals surface area contributed by atoms with Gasteiger partial charge in [0, 0.05) is 37.6 Å². The van der Waals surface area contributed by atoms with Crippen molar-refractivity contribution in [1.29, 1.82) is 0 Å². The van der Waals surface area contributed by atoms with Crippen molar-refractivity contribution >= 4 is 22.9 Å². The third kappa shape index (κ3) is 3.56. The third-order valence-electron chi connectivity index (χ3n) is 3.43. The minimum atomic E-state index is -0.624. The molecule has 0 unspecified atom stereocenters. The molecule has 0 atom stereocenters. The van der Waals surface area contributed by atoms with Crippen molar-refractivity contribution in [3.05, 3.63) is 52.7 Å². The number of esters is 2. The summed E-state index contributed by atoms with van der Waals surface area (Å²) in [4.78, 5) is 34.7. The molecule has 7 nitrogen and oxygen atoms in total. The summed E-state index contributed by atoms with van der Waals surface area (Å²) in [6, 6.07) is 10.1. The molecule has 0 amide bonds. The number of carbonyl (C=O) groups excluding carboxylic acids is 2. The van der Waals surface area contributed by atoms with Crippen LogP contribution in [0.5, 0.6) is 17.2 Å². The first-order valence-electron chi connectivity index (χ1n) is 7.61. The molecule has 132 valence electrons. The largest absolute Gasteiger partial charge is 0.508 e. The molecule has 0 aliphatic carbocycles. The van der Waals surface area contributed by atoms with E-state index in [0.29, 0.717) is 11.3 Å². The summed E-state index contributed by atoms with van der Waals surface area (Å²) >= 11 is 0. The molecular weight excluding hydrogens is 340 g/mol. The zero-order chi connectivity index (χ0) is 18.8. The van der Waals surface area contributed by atoms with Crippen LogP contribution in [0.25, 0.3) is 22.3 Å².